The Hall–Kier alpha value is -5.53. The van der Waals surface area contributed by atoms with Crippen LogP contribution in [0.3, 0.4) is 0 Å². The SMILES string of the molecule is c1ccc(-c2c(-c3cccnc3)cc(-c3ccc4c(ccc5ccccc54)c3)c3c2-c2cccc4cccc-3c24)cc1. The number of hydrogen-bond donors (Lipinski definition) is 0. The first-order valence-electron chi connectivity index (χ1n) is 14.5. The van der Waals surface area contributed by atoms with Gasteiger partial charge in [0.1, 0.15) is 0 Å². The zero-order valence-electron chi connectivity index (χ0n) is 22.9. The summed E-state index contributed by atoms with van der Waals surface area (Å²) < 4.78 is 0. The third-order valence-corrected chi connectivity index (χ3v) is 8.86. The van der Waals surface area contributed by atoms with E-state index >= 15 is 0 Å². The molecule has 0 unspecified atom stereocenters. The Kier molecular flexibility index (Phi) is 4.97. The standard InChI is InChI=1S/C41H25N/c1-2-10-28(11-3-1)39-37(31-14-8-22-42-25-31)24-36(40-34-16-6-12-27-13-7-17-35(38(27)34)41(39)40)30-20-21-33-29(23-30)19-18-26-9-4-5-15-32(26)33/h1-25H. The number of benzene rings is 7. The van der Waals surface area contributed by atoms with Crippen LogP contribution in [0.1, 0.15) is 0 Å². The Morgan fingerprint density at radius 1 is 0.357 bits per heavy atom. The third-order valence-electron chi connectivity index (χ3n) is 8.86. The monoisotopic (exact) mass is 531 g/mol. The Bertz CT molecular complexity index is 2330. The fourth-order valence-electron chi connectivity index (χ4n) is 7.05. The highest BCUT2D eigenvalue weighted by molar-refractivity contribution is 6.23. The van der Waals surface area contributed by atoms with Crippen molar-refractivity contribution in [2.45, 2.75) is 0 Å². The predicted octanol–water partition coefficient (Wildman–Crippen LogP) is 11.2. The highest BCUT2D eigenvalue weighted by Gasteiger charge is 2.30. The van der Waals surface area contributed by atoms with Crippen LogP contribution in [0.25, 0.3) is 88.0 Å². The van der Waals surface area contributed by atoms with Gasteiger partial charge < -0.3 is 0 Å². The maximum Gasteiger partial charge on any atom is 0.0346 e. The Balaban J connectivity index is 1.43. The average molecular weight is 532 g/mol. The molecule has 9 rings (SSSR count). The molecular weight excluding hydrogens is 506 g/mol. The van der Waals surface area contributed by atoms with Gasteiger partial charge in [-0.25, -0.2) is 0 Å². The van der Waals surface area contributed by atoms with Gasteiger partial charge >= 0.3 is 0 Å². The maximum atomic E-state index is 4.54. The molecule has 0 spiro atoms. The summed E-state index contributed by atoms with van der Waals surface area (Å²) >= 11 is 0. The molecule has 1 heteroatoms. The molecule has 1 aromatic heterocycles. The minimum absolute atomic E-state index is 1.12. The normalized spacial score (nSPS) is 11.8. The molecule has 194 valence electrons. The second kappa shape index (κ2) is 8.99. The number of aromatic nitrogens is 1. The molecular formula is C41H25N. The smallest absolute Gasteiger partial charge is 0.0346 e. The van der Waals surface area contributed by atoms with Crippen molar-refractivity contribution in [3.63, 3.8) is 0 Å². The zero-order chi connectivity index (χ0) is 27.6. The third kappa shape index (κ3) is 3.34. The molecule has 7 aromatic carbocycles. The van der Waals surface area contributed by atoms with Crippen molar-refractivity contribution in [1.29, 1.82) is 0 Å². The summed E-state index contributed by atoms with van der Waals surface area (Å²) in [6.07, 6.45) is 3.84. The van der Waals surface area contributed by atoms with Gasteiger partial charge in [0.25, 0.3) is 0 Å². The fraction of sp³-hybridized carbons (Fsp3) is 0. The Labute approximate surface area is 244 Å². The van der Waals surface area contributed by atoms with Gasteiger partial charge in [-0.2, -0.15) is 0 Å². The van der Waals surface area contributed by atoms with E-state index in [4.69, 9.17) is 0 Å². The van der Waals surface area contributed by atoms with E-state index in [1.807, 2.05) is 18.5 Å². The second-order valence-electron chi connectivity index (χ2n) is 11.1. The van der Waals surface area contributed by atoms with Crippen molar-refractivity contribution in [1.82, 2.24) is 4.98 Å². The molecule has 1 aliphatic rings. The quantitative estimate of drug-likeness (QED) is 0.207. The molecule has 0 radical (unpaired) electrons. The van der Waals surface area contributed by atoms with Crippen LogP contribution in [-0.2, 0) is 0 Å². The molecule has 0 atom stereocenters. The lowest BCUT2D eigenvalue weighted by Gasteiger charge is -2.21. The van der Waals surface area contributed by atoms with E-state index in [2.05, 4.69) is 138 Å². The summed E-state index contributed by atoms with van der Waals surface area (Å²) in [7, 11) is 0. The lowest BCUT2D eigenvalue weighted by Crippen LogP contribution is -1.95. The van der Waals surface area contributed by atoms with Crippen molar-refractivity contribution in [2.75, 3.05) is 0 Å². The number of pyridine rings is 1. The van der Waals surface area contributed by atoms with E-state index in [-0.39, 0.29) is 0 Å². The van der Waals surface area contributed by atoms with E-state index in [0.29, 0.717) is 0 Å². The van der Waals surface area contributed by atoms with Crippen molar-refractivity contribution >= 4 is 32.3 Å². The van der Waals surface area contributed by atoms with Gasteiger partial charge in [0.15, 0.2) is 0 Å². The summed E-state index contributed by atoms with van der Waals surface area (Å²) in [5.74, 6) is 0. The van der Waals surface area contributed by atoms with E-state index in [1.165, 1.54) is 82.4 Å². The molecule has 0 aliphatic heterocycles. The van der Waals surface area contributed by atoms with Crippen LogP contribution in [0, 0.1) is 0 Å². The zero-order valence-corrected chi connectivity index (χ0v) is 22.9. The van der Waals surface area contributed by atoms with E-state index < -0.39 is 0 Å². The molecule has 42 heavy (non-hydrogen) atoms. The number of fused-ring (bicyclic) bond motifs is 6. The fourth-order valence-corrected chi connectivity index (χ4v) is 7.05. The topological polar surface area (TPSA) is 12.9 Å². The van der Waals surface area contributed by atoms with Crippen molar-refractivity contribution in [2.24, 2.45) is 0 Å². The molecule has 8 aromatic rings. The highest BCUT2D eigenvalue weighted by atomic mass is 14.6. The predicted molar refractivity (Wildman–Crippen MR) is 177 cm³/mol. The highest BCUT2D eigenvalue weighted by Crippen LogP contribution is 2.57. The Morgan fingerprint density at radius 2 is 1.05 bits per heavy atom. The van der Waals surface area contributed by atoms with Gasteiger partial charge in [0.2, 0.25) is 0 Å². The lowest BCUT2D eigenvalue weighted by molar-refractivity contribution is 1.33. The van der Waals surface area contributed by atoms with Crippen molar-refractivity contribution in [3.8, 4) is 55.6 Å². The first kappa shape index (κ1) is 23.2. The summed E-state index contributed by atoms with van der Waals surface area (Å²) in [5, 5.41) is 7.71. The second-order valence-corrected chi connectivity index (χ2v) is 11.1. The van der Waals surface area contributed by atoms with Crippen LogP contribution >= 0.6 is 0 Å². The number of rotatable bonds is 3. The van der Waals surface area contributed by atoms with Crippen LogP contribution in [0.5, 0.6) is 0 Å². The Morgan fingerprint density at radius 3 is 1.88 bits per heavy atom. The summed E-state index contributed by atoms with van der Waals surface area (Å²) in [5.41, 5.74) is 12.5. The molecule has 0 saturated carbocycles. The molecule has 0 N–H and O–H groups in total. The molecule has 1 nitrogen and oxygen atoms in total. The first-order chi connectivity index (χ1) is 20.8. The molecule has 0 bridgehead atoms. The van der Waals surface area contributed by atoms with Gasteiger partial charge in [0.05, 0.1) is 0 Å². The largest absolute Gasteiger partial charge is 0.264 e. The van der Waals surface area contributed by atoms with Crippen LogP contribution < -0.4 is 0 Å². The minimum Gasteiger partial charge on any atom is -0.264 e. The van der Waals surface area contributed by atoms with E-state index in [9.17, 15) is 0 Å². The summed E-state index contributed by atoms with van der Waals surface area (Å²) in [6.45, 7) is 0. The van der Waals surface area contributed by atoms with Crippen LogP contribution in [0.2, 0.25) is 0 Å². The van der Waals surface area contributed by atoms with Gasteiger partial charge in [-0.05, 0) is 101 Å². The van der Waals surface area contributed by atoms with Crippen molar-refractivity contribution in [3.05, 3.63) is 152 Å². The van der Waals surface area contributed by atoms with E-state index in [0.717, 1.165) is 5.56 Å². The van der Waals surface area contributed by atoms with Crippen LogP contribution in [-0.4, -0.2) is 4.98 Å². The number of nitrogens with zero attached hydrogens (tertiary/aromatic N) is 1. The van der Waals surface area contributed by atoms with Gasteiger partial charge in [-0.1, -0.05) is 121 Å². The summed E-state index contributed by atoms with van der Waals surface area (Å²) in [4.78, 5) is 4.54. The first-order valence-corrected chi connectivity index (χ1v) is 14.5. The van der Waals surface area contributed by atoms with Crippen molar-refractivity contribution < 1.29 is 0 Å². The molecule has 1 heterocycles. The van der Waals surface area contributed by atoms with Gasteiger partial charge in [-0.15, -0.1) is 0 Å². The van der Waals surface area contributed by atoms with Crippen LogP contribution in [0.15, 0.2) is 152 Å². The van der Waals surface area contributed by atoms with Gasteiger partial charge in [0, 0.05) is 18.0 Å². The molecule has 0 fully saturated rings. The number of hydrogen-bond acceptors (Lipinski definition) is 1. The maximum absolute atomic E-state index is 4.54. The molecule has 1 aliphatic carbocycles. The average Bonchev–Trinajstić information content (AvgIpc) is 3.40. The summed E-state index contributed by atoms with van der Waals surface area (Å²) in [6, 6.07) is 51.1. The van der Waals surface area contributed by atoms with E-state index in [1.54, 1.807) is 0 Å². The van der Waals surface area contributed by atoms with Crippen LogP contribution in [0.4, 0.5) is 0 Å². The molecule has 0 saturated heterocycles. The van der Waals surface area contributed by atoms with Gasteiger partial charge in [-0.3, -0.25) is 4.98 Å². The lowest BCUT2D eigenvalue weighted by atomic mass is 9.82. The minimum atomic E-state index is 1.12. The molecule has 0 amide bonds.